The van der Waals surface area contributed by atoms with E-state index in [2.05, 4.69) is 5.32 Å². The molecule has 0 saturated carbocycles. The predicted molar refractivity (Wildman–Crippen MR) is 56.3 cm³/mol. The predicted octanol–water partition coefficient (Wildman–Crippen LogP) is -2.23. The second-order valence-corrected chi connectivity index (χ2v) is 3.34. The van der Waals surface area contributed by atoms with Crippen LogP contribution in [0.15, 0.2) is 23.5 Å². The SMILES string of the molecule is NC(=O)CNC1=CC=C([N+](=O)[O-])C(N)C1N. The van der Waals surface area contributed by atoms with E-state index in [1.807, 2.05) is 0 Å². The summed E-state index contributed by atoms with van der Waals surface area (Å²) in [5, 5.41) is 13.2. The summed E-state index contributed by atoms with van der Waals surface area (Å²) in [4.78, 5) is 20.5. The maximum Gasteiger partial charge on any atom is 0.264 e. The molecule has 1 aliphatic carbocycles. The van der Waals surface area contributed by atoms with E-state index in [9.17, 15) is 14.9 Å². The number of primary amides is 1. The molecule has 0 spiro atoms. The zero-order valence-electron chi connectivity index (χ0n) is 8.42. The Morgan fingerprint density at radius 1 is 1.44 bits per heavy atom. The molecule has 16 heavy (non-hydrogen) atoms. The molecule has 1 amide bonds. The number of rotatable bonds is 4. The first-order valence-electron chi connectivity index (χ1n) is 4.53. The van der Waals surface area contributed by atoms with Crippen molar-refractivity contribution in [3.63, 3.8) is 0 Å². The Morgan fingerprint density at radius 2 is 2.06 bits per heavy atom. The molecule has 1 aliphatic rings. The number of allylic oxidation sites excluding steroid dienone is 2. The van der Waals surface area contributed by atoms with Gasteiger partial charge in [0, 0.05) is 11.8 Å². The van der Waals surface area contributed by atoms with E-state index in [0.717, 1.165) is 0 Å². The van der Waals surface area contributed by atoms with Gasteiger partial charge in [0.25, 0.3) is 5.70 Å². The average Bonchev–Trinajstić information content (AvgIpc) is 2.19. The van der Waals surface area contributed by atoms with Crippen molar-refractivity contribution < 1.29 is 9.72 Å². The molecular formula is C8H13N5O3. The van der Waals surface area contributed by atoms with Crippen LogP contribution in [-0.2, 0) is 4.79 Å². The fourth-order valence-corrected chi connectivity index (χ4v) is 1.32. The third-order valence-electron chi connectivity index (χ3n) is 2.20. The molecule has 0 aliphatic heterocycles. The number of hydrogen-bond donors (Lipinski definition) is 4. The van der Waals surface area contributed by atoms with Gasteiger partial charge in [-0.25, -0.2) is 0 Å². The molecule has 0 bridgehead atoms. The quantitative estimate of drug-likeness (QED) is 0.315. The highest BCUT2D eigenvalue weighted by Crippen LogP contribution is 2.15. The first-order valence-corrected chi connectivity index (χ1v) is 4.53. The summed E-state index contributed by atoms with van der Waals surface area (Å²) >= 11 is 0. The van der Waals surface area contributed by atoms with Crippen LogP contribution in [0.2, 0.25) is 0 Å². The van der Waals surface area contributed by atoms with Gasteiger partial charge in [-0.2, -0.15) is 0 Å². The Balaban J connectivity index is 2.80. The van der Waals surface area contributed by atoms with Crippen LogP contribution >= 0.6 is 0 Å². The monoisotopic (exact) mass is 227 g/mol. The number of nitrogens with zero attached hydrogens (tertiary/aromatic N) is 1. The second kappa shape index (κ2) is 4.73. The topological polar surface area (TPSA) is 150 Å². The lowest BCUT2D eigenvalue weighted by atomic mass is 9.98. The highest BCUT2D eigenvalue weighted by molar-refractivity contribution is 5.76. The van der Waals surface area contributed by atoms with E-state index >= 15 is 0 Å². The highest BCUT2D eigenvalue weighted by atomic mass is 16.6. The van der Waals surface area contributed by atoms with Crippen molar-refractivity contribution in [3.8, 4) is 0 Å². The Labute approximate surface area is 91.3 Å². The van der Waals surface area contributed by atoms with Gasteiger partial charge in [-0.3, -0.25) is 14.9 Å². The lowest BCUT2D eigenvalue weighted by Gasteiger charge is -2.24. The molecule has 8 nitrogen and oxygen atoms in total. The van der Waals surface area contributed by atoms with Gasteiger partial charge in [0.05, 0.1) is 17.5 Å². The average molecular weight is 227 g/mol. The van der Waals surface area contributed by atoms with Gasteiger partial charge in [-0.15, -0.1) is 0 Å². The van der Waals surface area contributed by atoms with Crippen molar-refractivity contribution in [3.05, 3.63) is 33.7 Å². The van der Waals surface area contributed by atoms with E-state index in [4.69, 9.17) is 17.2 Å². The number of nitrogens with one attached hydrogen (secondary N) is 1. The number of nitro groups is 1. The maximum atomic E-state index is 10.6. The van der Waals surface area contributed by atoms with Gasteiger partial charge < -0.3 is 22.5 Å². The standard InChI is InChI=1S/C8H13N5O3/c9-6(14)3-12-4-1-2-5(13(15)16)8(11)7(4)10/h1-2,7-8,12H,3,10-11H2,(H2,9,14). The molecule has 8 heteroatoms. The molecule has 0 fully saturated rings. The molecule has 0 aromatic rings. The highest BCUT2D eigenvalue weighted by Gasteiger charge is 2.31. The van der Waals surface area contributed by atoms with Crippen molar-refractivity contribution in [1.82, 2.24) is 5.32 Å². The minimum Gasteiger partial charge on any atom is -0.378 e. The van der Waals surface area contributed by atoms with Crippen LogP contribution in [0.3, 0.4) is 0 Å². The van der Waals surface area contributed by atoms with Crippen LogP contribution in [0.5, 0.6) is 0 Å². The first-order chi connectivity index (χ1) is 7.43. The van der Waals surface area contributed by atoms with E-state index in [-0.39, 0.29) is 12.2 Å². The largest absolute Gasteiger partial charge is 0.378 e. The summed E-state index contributed by atoms with van der Waals surface area (Å²) in [7, 11) is 0. The van der Waals surface area contributed by atoms with E-state index in [1.54, 1.807) is 0 Å². The van der Waals surface area contributed by atoms with Gasteiger partial charge in [0.1, 0.15) is 6.04 Å². The summed E-state index contributed by atoms with van der Waals surface area (Å²) in [5.74, 6) is -0.550. The molecule has 7 N–H and O–H groups in total. The zero-order chi connectivity index (χ0) is 12.3. The summed E-state index contributed by atoms with van der Waals surface area (Å²) < 4.78 is 0. The molecule has 2 unspecified atom stereocenters. The molecule has 0 heterocycles. The number of hydrogen-bond acceptors (Lipinski definition) is 6. The van der Waals surface area contributed by atoms with Crippen LogP contribution in [-0.4, -0.2) is 29.5 Å². The van der Waals surface area contributed by atoms with E-state index in [1.165, 1.54) is 12.2 Å². The van der Waals surface area contributed by atoms with E-state index in [0.29, 0.717) is 5.70 Å². The summed E-state index contributed by atoms with van der Waals surface area (Å²) in [6.07, 6.45) is 2.69. The third kappa shape index (κ3) is 2.55. The molecule has 0 aromatic carbocycles. The smallest absolute Gasteiger partial charge is 0.264 e. The number of carbonyl (C=O) groups excluding carboxylic acids is 1. The zero-order valence-corrected chi connectivity index (χ0v) is 8.42. The fourth-order valence-electron chi connectivity index (χ4n) is 1.32. The van der Waals surface area contributed by atoms with Crippen molar-refractivity contribution in [2.75, 3.05) is 6.54 Å². The van der Waals surface area contributed by atoms with Gasteiger partial charge in [-0.1, -0.05) is 0 Å². The van der Waals surface area contributed by atoms with Crippen LogP contribution in [0.25, 0.3) is 0 Å². The normalized spacial score (nSPS) is 24.4. The van der Waals surface area contributed by atoms with Gasteiger partial charge in [0.15, 0.2) is 0 Å². The van der Waals surface area contributed by atoms with Crippen LogP contribution in [0, 0.1) is 10.1 Å². The minimum absolute atomic E-state index is 0.0894. The van der Waals surface area contributed by atoms with Crippen molar-refractivity contribution in [1.29, 1.82) is 0 Å². The van der Waals surface area contributed by atoms with Gasteiger partial charge in [0.2, 0.25) is 5.91 Å². The van der Waals surface area contributed by atoms with Crippen LogP contribution in [0.4, 0.5) is 0 Å². The minimum atomic E-state index is -0.907. The van der Waals surface area contributed by atoms with Crippen molar-refractivity contribution >= 4 is 5.91 Å². The molecule has 2 atom stereocenters. The Kier molecular flexibility index (Phi) is 3.59. The number of amides is 1. The molecule has 0 saturated heterocycles. The summed E-state index contributed by atoms with van der Waals surface area (Å²) in [6, 6.07) is -1.65. The molecule has 1 rings (SSSR count). The lowest BCUT2D eigenvalue weighted by molar-refractivity contribution is -0.430. The van der Waals surface area contributed by atoms with Gasteiger partial charge in [-0.05, 0) is 6.08 Å². The Hall–Kier alpha value is -1.93. The molecule has 88 valence electrons. The summed E-state index contributed by atoms with van der Waals surface area (Å²) in [5.41, 5.74) is 16.5. The van der Waals surface area contributed by atoms with Crippen molar-refractivity contribution in [2.45, 2.75) is 12.1 Å². The summed E-state index contributed by atoms with van der Waals surface area (Å²) in [6.45, 7) is -0.0894. The number of carbonyl (C=O) groups is 1. The fraction of sp³-hybridized carbons (Fsp3) is 0.375. The van der Waals surface area contributed by atoms with Crippen LogP contribution < -0.4 is 22.5 Å². The molecular weight excluding hydrogens is 214 g/mol. The first kappa shape index (κ1) is 12.1. The maximum absolute atomic E-state index is 10.6. The second-order valence-electron chi connectivity index (χ2n) is 3.34. The van der Waals surface area contributed by atoms with Gasteiger partial charge >= 0.3 is 0 Å². The van der Waals surface area contributed by atoms with Crippen LogP contribution in [0.1, 0.15) is 0 Å². The molecule has 0 radical (unpaired) electrons. The lowest BCUT2D eigenvalue weighted by Crippen LogP contribution is -2.50. The number of nitrogens with two attached hydrogens (primary N) is 3. The third-order valence-corrected chi connectivity index (χ3v) is 2.20. The Morgan fingerprint density at radius 3 is 2.56 bits per heavy atom. The van der Waals surface area contributed by atoms with E-state index < -0.39 is 22.9 Å². The van der Waals surface area contributed by atoms with Crippen molar-refractivity contribution in [2.24, 2.45) is 17.2 Å². The Bertz CT molecular complexity index is 376. The molecule has 0 aromatic heterocycles.